The van der Waals surface area contributed by atoms with Crippen molar-refractivity contribution in [2.45, 2.75) is 45.1 Å². The van der Waals surface area contributed by atoms with Crippen LogP contribution in [0.3, 0.4) is 0 Å². The van der Waals surface area contributed by atoms with Gasteiger partial charge in [-0.2, -0.15) is 0 Å². The average Bonchev–Trinajstić information content (AvgIpc) is 3.38. The number of anilines is 1. The van der Waals surface area contributed by atoms with Crippen LogP contribution >= 0.6 is 23.2 Å². The number of rotatable bonds is 3. The fraction of sp³-hybridized carbons (Fsp3) is 0.478. The van der Waals surface area contributed by atoms with Crippen molar-refractivity contribution in [3.63, 3.8) is 0 Å². The van der Waals surface area contributed by atoms with Crippen LogP contribution in [0.5, 0.6) is 0 Å². The molecule has 0 amide bonds. The van der Waals surface area contributed by atoms with E-state index in [1.807, 2.05) is 31.5 Å². The number of hydrogen-bond donors (Lipinski definition) is 1. The molecule has 0 bridgehead atoms. The van der Waals surface area contributed by atoms with Crippen molar-refractivity contribution in [2.75, 3.05) is 25.0 Å². The molecule has 5 nitrogen and oxygen atoms in total. The van der Waals surface area contributed by atoms with Gasteiger partial charge >= 0.3 is 0 Å². The average molecular weight is 444 g/mol. The highest BCUT2D eigenvalue weighted by molar-refractivity contribution is 6.43. The van der Waals surface area contributed by atoms with Gasteiger partial charge in [-0.15, -0.1) is 0 Å². The standard InChI is InChI=1S/C23H27Cl2N5/c1-15-19(16-5-3-6-17(24)20(16)25)21-27-11-14-30(21)22(28-15)29-12-9-23(10-13-29)8-4-7-18(23)26-2/h3,5-6,11,14,18,26H,4,7-10,12-13H2,1-2H3/t18-/m1/s1. The summed E-state index contributed by atoms with van der Waals surface area (Å²) in [6.45, 7) is 4.08. The molecule has 1 aliphatic heterocycles. The molecule has 1 aromatic carbocycles. The van der Waals surface area contributed by atoms with E-state index in [4.69, 9.17) is 28.2 Å². The molecule has 3 heterocycles. The minimum atomic E-state index is 0.447. The molecular formula is C23H27Cl2N5. The van der Waals surface area contributed by atoms with Gasteiger partial charge in [-0.05, 0) is 51.1 Å². The van der Waals surface area contributed by atoms with E-state index in [1.165, 1.54) is 32.1 Å². The first kappa shape index (κ1) is 20.1. The van der Waals surface area contributed by atoms with Crippen molar-refractivity contribution >= 4 is 34.8 Å². The maximum Gasteiger partial charge on any atom is 0.211 e. The van der Waals surface area contributed by atoms with E-state index < -0.39 is 0 Å². The Kier molecular flexibility index (Phi) is 5.16. The molecule has 2 aromatic heterocycles. The lowest BCUT2D eigenvalue weighted by molar-refractivity contribution is 0.177. The molecule has 1 saturated heterocycles. The lowest BCUT2D eigenvalue weighted by Gasteiger charge is -2.43. The fourth-order valence-corrected chi connectivity index (χ4v) is 6.04. The molecular weight excluding hydrogens is 417 g/mol. The molecule has 2 fully saturated rings. The maximum atomic E-state index is 6.54. The van der Waals surface area contributed by atoms with Crippen molar-refractivity contribution in [2.24, 2.45) is 5.41 Å². The van der Waals surface area contributed by atoms with Crippen LogP contribution in [0.1, 0.15) is 37.8 Å². The van der Waals surface area contributed by atoms with Crippen LogP contribution < -0.4 is 10.2 Å². The third-order valence-corrected chi connectivity index (χ3v) is 8.05. The molecule has 0 unspecified atom stereocenters. The lowest BCUT2D eigenvalue weighted by atomic mass is 9.74. The van der Waals surface area contributed by atoms with E-state index in [2.05, 4.69) is 26.6 Å². The van der Waals surface area contributed by atoms with Crippen molar-refractivity contribution in [1.82, 2.24) is 19.7 Å². The number of imidazole rings is 1. The predicted molar refractivity (Wildman–Crippen MR) is 124 cm³/mol. The largest absolute Gasteiger partial charge is 0.342 e. The second kappa shape index (κ2) is 7.70. The third kappa shape index (κ3) is 3.10. The quantitative estimate of drug-likeness (QED) is 0.590. The Hall–Kier alpha value is -1.82. The van der Waals surface area contributed by atoms with Crippen LogP contribution in [0.15, 0.2) is 30.6 Å². The normalized spacial score (nSPS) is 21.1. The SMILES string of the molecule is CN[C@@H]1CCCC12CCN(c1nc(C)c(-c3cccc(Cl)c3Cl)c3nccn13)CC2. The Morgan fingerprint density at radius 3 is 2.73 bits per heavy atom. The first-order chi connectivity index (χ1) is 14.5. The smallest absolute Gasteiger partial charge is 0.211 e. The monoisotopic (exact) mass is 443 g/mol. The van der Waals surface area contributed by atoms with Gasteiger partial charge < -0.3 is 10.2 Å². The summed E-state index contributed by atoms with van der Waals surface area (Å²) in [7, 11) is 2.11. The summed E-state index contributed by atoms with van der Waals surface area (Å²) in [5.41, 5.74) is 4.05. The van der Waals surface area contributed by atoms with Crippen molar-refractivity contribution in [3.05, 3.63) is 46.3 Å². The minimum Gasteiger partial charge on any atom is -0.342 e. The molecule has 3 aromatic rings. The first-order valence-electron chi connectivity index (χ1n) is 10.7. The summed E-state index contributed by atoms with van der Waals surface area (Å²) < 4.78 is 2.10. The number of fused-ring (bicyclic) bond motifs is 1. The number of nitrogens with zero attached hydrogens (tertiary/aromatic N) is 4. The zero-order valence-corrected chi connectivity index (χ0v) is 19.0. The van der Waals surface area contributed by atoms with Gasteiger partial charge in [0.15, 0.2) is 0 Å². The molecule has 7 heteroatoms. The number of halogens is 2. The van der Waals surface area contributed by atoms with Gasteiger partial charge in [0, 0.05) is 42.7 Å². The molecule has 30 heavy (non-hydrogen) atoms. The van der Waals surface area contributed by atoms with Crippen LogP contribution in [0.2, 0.25) is 10.0 Å². The molecule has 1 N–H and O–H groups in total. The van der Waals surface area contributed by atoms with Gasteiger partial charge in [-0.25, -0.2) is 9.97 Å². The third-order valence-electron chi connectivity index (χ3n) is 7.23. The highest BCUT2D eigenvalue weighted by atomic mass is 35.5. The van der Waals surface area contributed by atoms with E-state index >= 15 is 0 Å². The summed E-state index contributed by atoms with van der Waals surface area (Å²) in [6, 6.07) is 6.35. The molecule has 1 spiro atoms. The minimum absolute atomic E-state index is 0.447. The number of aryl methyl sites for hydroxylation is 1. The summed E-state index contributed by atoms with van der Waals surface area (Å²) in [4.78, 5) is 12.1. The first-order valence-corrected chi connectivity index (χ1v) is 11.5. The topological polar surface area (TPSA) is 45.5 Å². The number of hydrogen-bond acceptors (Lipinski definition) is 4. The van der Waals surface area contributed by atoms with E-state index in [0.717, 1.165) is 41.5 Å². The molecule has 2 aliphatic rings. The molecule has 1 aliphatic carbocycles. The van der Waals surface area contributed by atoms with Gasteiger partial charge in [-0.1, -0.05) is 41.8 Å². The Morgan fingerprint density at radius 1 is 1.17 bits per heavy atom. The molecule has 5 rings (SSSR count). The Bertz CT molecular complexity index is 1080. The fourth-order valence-electron chi connectivity index (χ4n) is 5.65. The van der Waals surface area contributed by atoms with Gasteiger partial charge in [0.05, 0.1) is 15.7 Å². The number of aromatic nitrogens is 3. The van der Waals surface area contributed by atoms with Crippen molar-refractivity contribution < 1.29 is 0 Å². The highest BCUT2D eigenvalue weighted by Gasteiger charge is 2.44. The number of piperidine rings is 1. The van der Waals surface area contributed by atoms with Gasteiger partial charge in [0.1, 0.15) is 5.65 Å². The van der Waals surface area contributed by atoms with Gasteiger partial charge in [0.2, 0.25) is 5.95 Å². The predicted octanol–water partition coefficient (Wildman–Crippen LogP) is 5.37. The van der Waals surface area contributed by atoms with Crippen LogP contribution in [0.4, 0.5) is 5.95 Å². The highest BCUT2D eigenvalue weighted by Crippen LogP contribution is 2.47. The van der Waals surface area contributed by atoms with Crippen molar-refractivity contribution in [1.29, 1.82) is 0 Å². The summed E-state index contributed by atoms with van der Waals surface area (Å²) >= 11 is 12.8. The van der Waals surface area contributed by atoms with E-state index in [-0.39, 0.29) is 0 Å². The van der Waals surface area contributed by atoms with Gasteiger partial charge in [-0.3, -0.25) is 4.40 Å². The Morgan fingerprint density at radius 2 is 1.97 bits per heavy atom. The number of nitrogens with one attached hydrogen (secondary N) is 1. The maximum absolute atomic E-state index is 6.54. The number of benzene rings is 1. The summed E-state index contributed by atoms with van der Waals surface area (Å²) in [6.07, 6.45) is 10.2. The van der Waals surface area contributed by atoms with Crippen LogP contribution in [-0.2, 0) is 0 Å². The van der Waals surface area contributed by atoms with Crippen LogP contribution in [-0.4, -0.2) is 40.5 Å². The van der Waals surface area contributed by atoms with E-state index in [9.17, 15) is 0 Å². The zero-order valence-electron chi connectivity index (χ0n) is 17.5. The molecule has 0 radical (unpaired) electrons. The summed E-state index contributed by atoms with van der Waals surface area (Å²) in [5, 5.41) is 4.66. The molecule has 1 atom stereocenters. The van der Waals surface area contributed by atoms with E-state index in [1.54, 1.807) is 6.07 Å². The van der Waals surface area contributed by atoms with Crippen LogP contribution in [0, 0.1) is 12.3 Å². The summed E-state index contributed by atoms with van der Waals surface area (Å²) in [5.74, 6) is 0.968. The van der Waals surface area contributed by atoms with Gasteiger partial charge in [0.25, 0.3) is 0 Å². The second-order valence-corrected chi connectivity index (χ2v) is 9.46. The van der Waals surface area contributed by atoms with Crippen LogP contribution in [0.25, 0.3) is 16.8 Å². The molecule has 1 saturated carbocycles. The van der Waals surface area contributed by atoms with E-state index in [0.29, 0.717) is 21.5 Å². The Balaban J connectivity index is 1.52. The Labute approximate surface area is 187 Å². The zero-order chi connectivity index (χ0) is 20.9. The molecule has 158 valence electrons. The second-order valence-electron chi connectivity index (χ2n) is 8.68. The lowest BCUT2D eigenvalue weighted by Crippen LogP contribution is -2.48. The van der Waals surface area contributed by atoms with Crippen molar-refractivity contribution in [3.8, 4) is 11.1 Å².